The van der Waals surface area contributed by atoms with Crippen LogP contribution in [0.2, 0.25) is 0 Å². The fraction of sp³-hybridized carbons (Fsp3) is 0.240. The lowest BCUT2D eigenvalue weighted by atomic mass is 10.0. The molecular formula is C25H24N4O2S. The van der Waals surface area contributed by atoms with Gasteiger partial charge in [-0.05, 0) is 29.3 Å². The number of para-hydroxylation sites is 1. The Bertz CT molecular complexity index is 1170. The van der Waals surface area contributed by atoms with Gasteiger partial charge in [-0.3, -0.25) is 4.79 Å². The van der Waals surface area contributed by atoms with Crippen molar-refractivity contribution in [3.05, 3.63) is 84.1 Å². The summed E-state index contributed by atoms with van der Waals surface area (Å²) >= 11 is 1.60. The molecule has 0 aliphatic carbocycles. The van der Waals surface area contributed by atoms with Gasteiger partial charge in [0.25, 0.3) is 5.91 Å². The van der Waals surface area contributed by atoms with E-state index in [9.17, 15) is 4.79 Å². The molecule has 1 aliphatic rings. The van der Waals surface area contributed by atoms with Crippen molar-refractivity contribution in [2.45, 2.75) is 6.42 Å². The first-order chi connectivity index (χ1) is 15.8. The van der Waals surface area contributed by atoms with Crippen molar-refractivity contribution >= 4 is 32.7 Å². The van der Waals surface area contributed by atoms with E-state index in [1.807, 2.05) is 53.4 Å². The normalized spacial score (nSPS) is 14.0. The Morgan fingerprint density at radius 1 is 0.938 bits per heavy atom. The second kappa shape index (κ2) is 9.36. The number of amides is 1. The van der Waals surface area contributed by atoms with Gasteiger partial charge in [0, 0.05) is 38.8 Å². The first kappa shape index (κ1) is 20.5. The summed E-state index contributed by atoms with van der Waals surface area (Å²) in [5.41, 5.74) is 3.23. The summed E-state index contributed by atoms with van der Waals surface area (Å²) in [6, 6.07) is 22.1. The van der Waals surface area contributed by atoms with Crippen LogP contribution in [0.5, 0.6) is 5.75 Å². The predicted molar refractivity (Wildman–Crippen MR) is 127 cm³/mol. The van der Waals surface area contributed by atoms with E-state index in [0.29, 0.717) is 13.1 Å². The maximum Gasteiger partial charge on any atom is 0.260 e. The third-order valence-electron chi connectivity index (χ3n) is 5.62. The molecule has 1 fully saturated rings. The van der Waals surface area contributed by atoms with Gasteiger partial charge < -0.3 is 14.5 Å². The van der Waals surface area contributed by atoms with Crippen molar-refractivity contribution in [2.24, 2.45) is 0 Å². The van der Waals surface area contributed by atoms with Gasteiger partial charge >= 0.3 is 0 Å². The zero-order valence-corrected chi connectivity index (χ0v) is 18.5. The average molecular weight is 445 g/mol. The van der Waals surface area contributed by atoms with E-state index in [1.54, 1.807) is 17.5 Å². The van der Waals surface area contributed by atoms with Gasteiger partial charge in [0.15, 0.2) is 11.7 Å². The molecule has 1 aliphatic heterocycles. The zero-order chi connectivity index (χ0) is 21.8. The highest BCUT2D eigenvalue weighted by atomic mass is 32.1. The second-order valence-corrected chi connectivity index (χ2v) is 8.71. The molecule has 0 saturated carbocycles. The van der Waals surface area contributed by atoms with Gasteiger partial charge in [-0.15, -0.1) is 0 Å². The first-order valence-electron chi connectivity index (χ1n) is 10.8. The summed E-state index contributed by atoms with van der Waals surface area (Å²) in [4.78, 5) is 26.9. The predicted octanol–water partition coefficient (Wildman–Crippen LogP) is 4.01. The fourth-order valence-electron chi connectivity index (χ4n) is 3.88. The number of hydrogen-bond acceptors (Lipinski definition) is 6. The quantitative estimate of drug-likeness (QED) is 0.450. The number of carbonyl (C=O) groups is 1. The molecule has 7 heteroatoms. The lowest BCUT2D eigenvalue weighted by Gasteiger charge is -2.34. The molecule has 0 spiro atoms. The third-order valence-corrected chi connectivity index (χ3v) is 6.66. The van der Waals surface area contributed by atoms with Gasteiger partial charge in [0.2, 0.25) is 0 Å². The van der Waals surface area contributed by atoms with Gasteiger partial charge in [-0.1, -0.05) is 59.9 Å². The van der Waals surface area contributed by atoms with Crippen molar-refractivity contribution in [1.29, 1.82) is 0 Å². The maximum absolute atomic E-state index is 12.8. The number of thiazole rings is 1. The maximum atomic E-state index is 12.8. The van der Waals surface area contributed by atoms with Gasteiger partial charge in [0.05, 0.1) is 0 Å². The van der Waals surface area contributed by atoms with Crippen molar-refractivity contribution in [2.75, 3.05) is 37.7 Å². The molecule has 3 heterocycles. The van der Waals surface area contributed by atoms with Crippen molar-refractivity contribution < 1.29 is 9.53 Å². The molecule has 0 N–H and O–H groups in total. The highest BCUT2D eigenvalue weighted by Gasteiger charge is 2.23. The SMILES string of the molecule is O=C(COc1ccccc1Cc1ccccc1)N1CCN(c2nc3cccnc3s2)CC1. The number of fused-ring (bicyclic) bond motifs is 1. The molecular weight excluding hydrogens is 420 g/mol. The lowest BCUT2D eigenvalue weighted by Crippen LogP contribution is -2.50. The molecule has 1 saturated heterocycles. The van der Waals surface area contributed by atoms with E-state index in [1.165, 1.54) is 5.56 Å². The Hall–Kier alpha value is -3.45. The number of rotatable bonds is 6. The summed E-state index contributed by atoms with van der Waals surface area (Å²) in [5.74, 6) is 0.787. The Balaban J connectivity index is 1.16. The molecule has 6 nitrogen and oxygen atoms in total. The minimum Gasteiger partial charge on any atom is -0.483 e. The molecule has 4 aromatic rings. The van der Waals surface area contributed by atoms with Gasteiger partial charge in [-0.2, -0.15) is 0 Å². The number of aromatic nitrogens is 2. The van der Waals surface area contributed by atoms with E-state index < -0.39 is 0 Å². The largest absolute Gasteiger partial charge is 0.483 e. The van der Waals surface area contributed by atoms with Crippen molar-refractivity contribution in [3.8, 4) is 5.75 Å². The zero-order valence-electron chi connectivity index (χ0n) is 17.7. The molecule has 162 valence electrons. The van der Waals surface area contributed by atoms with Crippen LogP contribution in [0.4, 0.5) is 5.13 Å². The number of piperazine rings is 1. The molecule has 0 radical (unpaired) electrons. The molecule has 0 unspecified atom stereocenters. The minimum atomic E-state index is 0.0186. The highest BCUT2D eigenvalue weighted by Crippen LogP contribution is 2.27. The number of pyridine rings is 1. The number of benzene rings is 2. The average Bonchev–Trinajstić information content (AvgIpc) is 3.28. The number of carbonyl (C=O) groups excluding carboxylic acids is 1. The molecule has 0 atom stereocenters. The van der Waals surface area contributed by atoms with Crippen LogP contribution in [0.1, 0.15) is 11.1 Å². The monoisotopic (exact) mass is 444 g/mol. The fourth-order valence-corrected chi connectivity index (χ4v) is 4.84. The van der Waals surface area contributed by atoms with Crippen LogP contribution < -0.4 is 9.64 Å². The number of hydrogen-bond donors (Lipinski definition) is 0. The number of anilines is 1. The van der Waals surface area contributed by atoms with Crippen molar-refractivity contribution in [3.63, 3.8) is 0 Å². The molecule has 1 amide bonds. The minimum absolute atomic E-state index is 0.0186. The van der Waals surface area contributed by atoms with Crippen LogP contribution >= 0.6 is 11.3 Å². The van der Waals surface area contributed by atoms with E-state index in [0.717, 1.165) is 46.3 Å². The van der Waals surface area contributed by atoms with E-state index in [-0.39, 0.29) is 12.5 Å². The van der Waals surface area contributed by atoms with Crippen LogP contribution in [0.25, 0.3) is 10.3 Å². The lowest BCUT2D eigenvalue weighted by molar-refractivity contribution is -0.133. The van der Waals surface area contributed by atoms with Crippen LogP contribution in [0.15, 0.2) is 72.9 Å². The number of nitrogens with zero attached hydrogens (tertiary/aromatic N) is 4. The van der Waals surface area contributed by atoms with E-state index >= 15 is 0 Å². The summed E-state index contributed by atoms with van der Waals surface area (Å²) < 4.78 is 5.95. The third kappa shape index (κ3) is 4.57. The molecule has 5 rings (SSSR count). The van der Waals surface area contributed by atoms with Crippen LogP contribution in [0.3, 0.4) is 0 Å². The topological polar surface area (TPSA) is 58.6 Å². The molecule has 2 aromatic carbocycles. The van der Waals surface area contributed by atoms with Crippen LogP contribution in [-0.2, 0) is 11.2 Å². The van der Waals surface area contributed by atoms with Crippen molar-refractivity contribution in [1.82, 2.24) is 14.9 Å². The van der Waals surface area contributed by atoms with Gasteiger partial charge in [0.1, 0.15) is 16.1 Å². The van der Waals surface area contributed by atoms with E-state index in [2.05, 4.69) is 33.1 Å². The standard InChI is InChI=1S/C25H24N4O2S/c30-23(18-31-22-11-5-4-9-20(22)17-19-7-2-1-3-8-19)28-13-15-29(16-14-28)25-27-21-10-6-12-26-24(21)32-25/h1-12H,13-18H2. The molecule has 0 bridgehead atoms. The summed E-state index contributed by atoms with van der Waals surface area (Å²) in [7, 11) is 0. The molecule has 32 heavy (non-hydrogen) atoms. The Morgan fingerprint density at radius 3 is 2.53 bits per heavy atom. The van der Waals surface area contributed by atoms with Crippen LogP contribution in [0, 0.1) is 0 Å². The van der Waals surface area contributed by atoms with Gasteiger partial charge in [-0.25, -0.2) is 9.97 Å². The Labute approximate surface area is 191 Å². The van der Waals surface area contributed by atoms with Crippen LogP contribution in [-0.4, -0.2) is 53.6 Å². The summed E-state index contributed by atoms with van der Waals surface area (Å²) in [5, 5.41) is 0.969. The number of ether oxygens (including phenoxy) is 1. The van der Waals surface area contributed by atoms with E-state index in [4.69, 9.17) is 4.74 Å². The highest BCUT2D eigenvalue weighted by molar-refractivity contribution is 7.21. The summed E-state index contributed by atoms with van der Waals surface area (Å²) in [6.07, 6.45) is 2.57. The molecule has 2 aromatic heterocycles. The Morgan fingerprint density at radius 2 is 1.72 bits per heavy atom. The first-order valence-corrected chi connectivity index (χ1v) is 11.6. The Kier molecular flexibility index (Phi) is 5.98. The summed E-state index contributed by atoms with van der Waals surface area (Å²) in [6.45, 7) is 2.90. The second-order valence-electron chi connectivity index (χ2n) is 7.75. The smallest absolute Gasteiger partial charge is 0.260 e.